The van der Waals surface area contributed by atoms with Gasteiger partial charge in [0.15, 0.2) is 0 Å². The Labute approximate surface area is 184 Å². The summed E-state index contributed by atoms with van der Waals surface area (Å²) in [6, 6.07) is 13.8. The van der Waals surface area contributed by atoms with Gasteiger partial charge in [0.1, 0.15) is 23.8 Å². The highest BCUT2D eigenvalue weighted by molar-refractivity contribution is 6.05. The van der Waals surface area contributed by atoms with Crippen molar-refractivity contribution in [3.63, 3.8) is 0 Å². The average molecular weight is 419 g/mol. The minimum atomic E-state index is -0.135. The number of methoxy groups -OCH3 is 1. The Balaban J connectivity index is 1.81. The van der Waals surface area contributed by atoms with Crippen LogP contribution in [0.1, 0.15) is 53.5 Å². The number of carbonyl (C=O) groups is 1. The van der Waals surface area contributed by atoms with Gasteiger partial charge in [-0.25, -0.2) is 0 Å². The van der Waals surface area contributed by atoms with E-state index >= 15 is 0 Å². The Hall–Kier alpha value is -3.34. The molecule has 5 nitrogen and oxygen atoms in total. The predicted octanol–water partition coefficient (Wildman–Crippen LogP) is 5.51. The number of benzene rings is 2. The fraction of sp³-hybridized carbons (Fsp3) is 0.308. The lowest BCUT2D eigenvalue weighted by molar-refractivity contribution is 0.104. The van der Waals surface area contributed by atoms with Crippen molar-refractivity contribution >= 4 is 11.9 Å². The Morgan fingerprint density at radius 1 is 1.10 bits per heavy atom. The van der Waals surface area contributed by atoms with Crippen molar-refractivity contribution in [3.05, 3.63) is 82.7 Å². The number of ether oxygens (including phenoxy) is 2. The molecule has 0 radical (unpaired) electrons. The Morgan fingerprint density at radius 2 is 1.87 bits per heavy atom. The second-order valence-electron chi connectivity index (χ2n) is 8.68. The summed E-state index contributed by atoms with van der Waals surface area (Å²) >= 11 is 0. The van der Waals surface area contributed by atoms with E-state index in [0.29, 0.717) is 12.3 Å². The van der Waals surface area contributed by atoms with Crippen molar-refractivity contribution in [2.45, 2.75) is 39.7 Å². The second-order valence-corrected chi connectivity index (χ2v) is 8.68. The summed E-state index contributed by atoms with van der Waals surface area (Å²) in [6.07, 6.45) is 5.07. The lowest BCUT2D eigenvalue weighted by atomic mass is 9.86. The zero-order valence-corrected chi connectivity index (χ0v) is 19.1. The van der Waals surface area contributed by atoms with Crippen molar-refractivity contribution < 1.29 is 14.3 Å². The maximum atomic E-state index is 12.3. The summed E-state index contributed by atoms with van der Waals surface area (Å²) < 4.78 is 13.4. The quantitative estimate of drug-likeness (QED) is 0.375. The molecule has 0 atom stereocenters. The molecule has 0 saturated heterocycles. The van der Waals surface area contributed by atoms with Gasteiger partial charge in [0.05, 0.1) is 7.11 Å². The fourth-order valence-electron chi connectivity index (χ4n) is 3.34. The van der Waals surface area contributed by atoms with Crippen LogP contribution in [0.2, 0.25) is 0 Å². The maximum Gasteiger partial charge on any atom is 0.206 e. The molecule has 1 heterocycles. The molecule has 0 N–H and O–H groups in total. The fourth-order valence-corrected chi connectivity index (χ4v) is 3.34. The second kappa shape index (κ2) is 9.21. The summed E-state index contributed by atoms with van der Waals surface area (Å²) in [5, 5.41) is 4.14. The van der Waals surface area contributed by atoms with Crippen LogP contribution in [0.15, 0.2) is 54.7 Å². The van der Waals surface area contributed by atoms with Crippen molar-refractivity contribution in [2.24, 2.45) is 7.05 Å². The minimum Gasteiger partial charge on any atom is -0.496 e. The molecule has 0 saturated carbocycles. The molecule has 0 aliphatic rings. The van der Waals surface area contributed by atoms with E-state index in [-0.39, 0.29) is 11.2 Å². The molecule has 0 aliphatic heterocycles. The Bertz CT molecular complexity index is 1100. The molecule has 0 amide bonds. The van der Waals surface area contributed by atoms with Crippen LogP contribution in [0.4, 0.5) is 0 Å². The number of nitrogens with zero attached hydrogens (tertiary/aromatic N) is 2. The molecule has 2 aromatic carbocycles. The third-order valence-electron chi connectivity index (χ3n) is 5.03. The zero-order chi connectivity index (χ0) is 22.6. The number of aromatic nitrogens is 2. The first-order valence-corrected chi connectivity index (χ1v) is 10.3. The van der Waals surface area contributed by atoms with Gasteiger partial charge in [-0.15, -0.1) is 0 Å². The SMILES string of the molecule is COc1ccc(/C=C/C(=O)c2ccn(C)n2)cc1COc1cc(C)ccc1C(C)(C)C. The molecule has 0 spiro atoms. The van der Waals surface area contributed by atoms with E-state index in [1.165, 1.54) is 6.08 Å². The standard InChI is InChI=1S/C26H30N2O3/c1-18-7-10-21(26(2,3)4)25(15-18)31-17-20-16-19(9-12-24(20)30-6)8-11-23(29)22-13-14-28(5)27-22/h7-16H,17H2,1-6H3/b11-8+. The van der Waals surface area contributed by atoms with Gasteiger partial charge in [0.25, 0.3) is 0 Å². The monoisotopic (exact) mass is 418 g/mol. The van der Waals surface area contributed by atoms with Gasteiger partial charge in [0, 0.05) is 18.8 Å². The predicted molar refractivity (Wildman–Crippen MR) is 124 cm³/mol. The van der Waals surface area contributed by atoms with Crippen LogP contribution in [-0.2, 0) is 19.1 Å². The van der Waals surface area contributed by atoms with Crippen LogP contribution in [0, 0.1) is 6.92 Å². The average Bonchev–Trinajstić information content (AvgIpc) is 3.16. The topological polar surface area (TPSA) is 53.4 Å². The molecule has 3 aromatic rings. The number of rotatable bonds is 7. The van der Waals surface area contributed by atoms with Gasteiger partial charge >= 0.3 is 0 Å². The number of ketones is 1. The summed E-state index contributed by atoms with van der Waals surface area (Å²) in [6.45, 7) is 8.95. The van der Waals surface area contributed by atoms with E-state index in [1.54, 1.807) is 37.2 Å². The molecule has 162 valence electrons. The van der Waals surface area contributed by atoms with E-state index in [1.807, 2.05) is 18.2 Å². The molecular weight excluding hydrogens is 388 g/mol. The molecule has 0 unspecified atom stereocenters. The van der Waals surface area contributed by atoms with Crippen LogP contribution < -0.4 is 9.47 Å². The summed E-state index contributed by atoms with van der Waals surface area (Å²) in [7, 11) is 3.43. The van der Waals surface area contributed by atoms with Gasteiger partial charge in [-0.3, -0.25) is 9.48 Å². The van der Waals surface area contributed by atoms with Crippen LogP contribution in [0.5, 0.6) is 11.5 Å². The number of aryl methyl sites for hydroxylation is 2. The third kappa shape index (κ3) is 5.63. The smallest absolute Gasteiger partial charge is 0.206 e. The van der Waals surface area contributed by atoms with Gasteiger partial charge in [0.2, 0.25) is 5.78 Å². The molecule has 31 heavy (non-hydrogen) atoms. The van der Waals surface area contributed by atoms with E-state index in [2.05, 4.69) is 51.0 Å². The number of hydrogen-bond donors (Lipinski definition) is 0. The minimum absolute atomic E-state index is 0.0243. The maximum absolute atomic E-state index is 12.3. The molecule has 0 bridgehead atoms. The number of hydrogen-bond acceptors (Lipinski definition) is 4. The first-order chi connectivity index (χ1) is 14.7. The van der Waals surface area contributed by atoms with Crippen molar-refractivity contribution in [1.29, 1.82) is 0 Å². The summed E-state index contributed by atoms with van der Waals surface area (Å²) in [5.74, 6) is 1.49. The van der Waals surface area contributed by atoms with Crippen LogP contribution >= 0.6 is 0 Å². The first kappa shape index (κ1) is 22.3. The molecule has 5 heteroatoms. The van der Waals surface area contributed by atoms with Crippen LogP contribution in [0.3, 0.4) is 0 Å². The number of carbonyl (C=O) groups excluding carboxylic acids is 1. The molecule has 0 aliphatic carbocycles. The van der Waals surface area contributed by atoms with Crippen molar-refractivity contribution in [2.75, 3.05) is 7.11 Å². The van der Waals surface area contributed by atoms with Crippen molar-refractivity contribution in [1.82, 2.24) is 9.78 Å². The number of allylic oxidation sites excluding steroid dienone is 1. The van der Waals surface area contributed by atoms with Crippen molar-refractivity contribution in [3.8, 4) is 11.5 Å². The largest absolute Gasteiger partial charge is 0.496 e. The highest BCUT2D eigenvalue weighted by Gasteiger charge is 2.19. The lowest BCUT2D eigenvalue weighted by Crippen LogP contribution is -2.13. The zero-order valence-electron chi connectivity index (χ0n) is 19.1. The molecule has 1 aromatic heterocycles. The van der Waals surface area contributed by atoms with E-state index < -0.39 is 0 Å². The van der Waals surface area contributed by atoms with E-state index in [0.717, 1.165) is 33.8 Å². The molecule has 0 fully saturated rings. The van der Waals surface area contributed by atoms with Gasteiger partial charge in [-0.05, 0) is 59.4 Å². The summed E-state index contributed by atoms with van der Waals surface area (Å²) in [5.41, 5.74) is 4.52. The molecule has 3 rings (SSSR count). The van der Waals surface area contributed by atoms with Crippen LogP contribution in [0.25, 0.3) is 6.08 Å². The summed E-state index contributed by atoms with van der Waals surface area (Å²) in [4.78, 5) is 12.3. The lowest BCUT2D eigenvalue weighted by Gasteiger charge is -2.23. The third-order valence-corrected chi connectivity index (χ3v) is 5.03. The van der Waals surface area contributed by atoms with Gasteiger partial charge in [-0.1, -0.05) is 45.0 Å². The van der Waals surface area contributed by atoms with Gasteiger partial charge in [-0.2, -0.15) is 5.10 Å². The Morgan fingerprint density at radius 3 is 2.52 bits per heavy atom. The molecular formula is C26H30N2O3. The van der Waals surface area contributed by atoms with Gasteiger partial charge < -0.3 is 9.47 Å². The Kier molecular flexibility index (Phi) is 6.64. The van der Waals surface area contributed by atoms with E-state index in [9.17, 15) is 4.79 Å². The van der Waals surface area contributed by atoms with E-state index in [4.69, 9.17) is 9.47 Å². The van der Waals surface area contributed by atoms with Crippen LogP contribution in [-0.4, -0.2) is 22.7 Å². The highest BCUT2D eigenvalue weighted by atomic mass is 16.5. The first-order valence-electron chi connectivity index (χ1n) is 10.3. The highest BCUT2D eigenvalue weighted by Crippen LogP contribution is 2.33. The normalized spacial score (nSPS) is 11.7.